The van der Waals surface area contributed by atoms with E-state index in [1.807, 2.05) is 42.5 Å². The molecule has 20 heavy (non-hydrogen) atoms. The van der Waals surface area contributed by atoms with E-state index in [0.717, 1.165) is 11.1 Å². The molecule has 104 valence electrons. The third kappa shape index (κ3) is 4.48. The molecular weight excluding hydrogens is 252 g/mol. The number of nitrogens with one attached hydrogen (secondary N) is 1. The number of hydrogen-bond acceptors (Lipinski definition) is 3. The molecule has 1 amide bonds. The van der Waals surface area contributed by atoms with Crippen LogP contribution in [0.5, 0.6) is 0 Å². The van der Waals surface area contributed by atoms with Crippen molar-refractivity contribution in [2.24, 2.45) is 0 Å². The van der Waals surface area contributed by atoms with Gasteiger partial charge in [0.15, 0.2) is 0 Å². The standard InChI is InChI=1S/C16H18N2O2/c19-15(9-8-13-5-2-1-3-6-13)16(20)18-12-14-7-4-10-17-11-14/h1-7,10-11,15,19H,8-9,12H2,(H,18,20). The van der Waals surface area contributed by atoms with Crippen molar-refractivity contribution in [3.63, 3.8) is 0 Å². The molecule has 0 spiro atoms. The van der Waals surface area contributed by atoms with Crippen LogP contribution >= 0.6 is 0 Å². The SMILES string of the molecule is O=C(NCc1cccnc1)C(O)CCc1ccccc1. The Hall–Kier alpha value is -2.20. The minimum Gasteiger partial charge on any atom is -0.383 e. The third-order valence-corrected chi connectivity index (χ3v) is 3.04. The van der Waals surface area contributed by atoms with Gasteiger partial charge in [-0.1, -0.05) is 36.4 Å². The summed E-state index contributed by atoms with van der Waals surface area (Å²) in [5.41, 5.74) is 2.03. The Bertz CT molecular complexity index is 529. The first-order chi connectivity index (χ1) is 9.75. The fraction of sp³-hybridized carbons (Fsp3) is 0.250. The number of carbonyl (C=O) groups is 1. The first kappa shape index (κ1) is 14.2. The van der Waals surface area contributed by atoms with Crippen molar-refractivity contribution in [1.29, 1.82) is 0 Å². The van der Waals surface area contributed by atoms with E-state index in [-0.39, 0.29) is 5.91 Å². The first-order valence-electron chi connectivity index (χ1n) is 6.64. The number of aryl methyl sites for hydroxylation is 1. The van der Waals surface area contributed by atoms with Crippen LogP contribution in [-0.4, -0.2) is 22.1 Å². The lowest BCUT2D eigenvalue weighted by atomic mass is 10.1. The van der Waals surface area contributed by atoms with Gasteiger partial charge in [0.25, 0.3) is 0 Å². The quantitative estimate of drug-likeness (QED) is 0.839. The van der Waals surface area contributed by atoms with Gasteiger partial charge in [-0.2, -0.15) is 0 Å². The van der Waals surface area contributed by atoms with Gasteiger partial charge in [0, 0.05) is 18.9 Å². The van der Waals surface area contributed by atoms with Gasteiger partial charge in [0.2, 0.25) is 5.91 Å². The molecular formula is C16H18N2O2. The Morgan fingerprint density at radius 3 is 2.60 bits per heavy atom. The van der Waals surface area contributed by atoms with E-state index in [1.165, 1.54) is 0 Å². The summed E-state index contributed by atoms with van der Waals surface area (Å²) in [6.45, 7) is 0.384. The maximum absolute atomic E-state index is 11.8. The summed E-state index contributed by atoms with van der Waals surface area (Å²) >= 11 is 0. The van der Waals surface area contributed by atoms with Gasteiger partial charge in [-0.15, -0.1) is 0 Å². The molecule has 1 heterocycles. The highest BCUT2D eigenvalue weighted by Crippen LogP contribution is 2.05. The van der Waals surface area contributed by atoms with Crippen molar-refractivity contribution >= 4 is 5.91 Å². The number of amides is 1. The number of pyridine rings is 1. The highest BCUT2D eigenvalue weighted by atomic mass is 16.3. The molecule has 0 aliphatic rings. The van der Waals surface area contributed by atoms with Crippen LogP contribution in [0, 0.1) is 0 Å². The fourth-order valence-corrected chi connectivity index (χ4v) is 1.89. The Morgan fingerprint density at radius 1 is 1.15 bits per heavy atom. The van der Waals surface area contributed by atoms with Crippen molar-refractivity contribution in [3.8, 4) is 0 Å². The van der Waals surface area contributed by atoms with E-state index in [4.69, 9.17) is 0 Å². The van der Waals surface area contributed by atoms with Gasteiger partial charge >= 0.3 is 0 Å². The maximum Gasteiger partial charge on any atom is 0.249 e. The number of carbonyl (C=O) groups excluding carboxylic acids is 1. The van der Waals surface area contributed by atoms with Crippen molar-refractivity contribution in [3.05, 3.63) is 66.0 Å². The number of aliphatic hydroxyl groups excluding tert-OH is 1. The van der Waals surface area contributed by atoms with Gasteiger partial charge in [-0.05, 0) is 30.0 Å². The molecule has 0 aliphatic carbocycles. The zero-order chi connectivity index (χ0) is 14.2. The minimum atomic E-state index is -0.980. The lowest BCUT2D eigenvalue weighted by Gasteiger charge is -2.11. The molecule has 0 fully saturated rings. The summed E-state index contributed by atoms with van der Waals surface area (Å²) < 4.78 is 0. The molecule has 4 heteroatoms. The average Bonchev–Trinajstić information content (AvgIpc) is 2.52. The molecule has 0 bridgehead atoms. The second kappa shape index (κ2) is 7.40. The molecule has 2 rings (SSSR count). The molecule has 4 nitrogen and oxygen atoms in total. The molecule has 1 aromatic heterocycles. The second-order valence-electron chi connectivity index (χ2n) is 4.62. The highest BCUT2D eigenvalue weighted by Gasteiger charge is 2.14. The smallest absolute Gasteiger partial charge is 0.249 e. The molecule has 0 saturated heterocycles. The van der Waals surface area contributed by atoms with Crippen LogP contribution in [0.2, 0.25) is 0 Å². The predicted molar refractivity (Wildman–Crippen MR) is 76.9 cm³/mol. The first-order valence-corrected chi connectivity index (χ1v) is 6.64. The van der Waals surface area contributed by atoms with Crippen molar-refractivity contribution in [1.82, 2.24) is 10.3 Å². The van der Waals surface area contributed by atoms with E-state index in [2.05, 4.69) is 10.3 Å². The Kier molecular flexibility index (Phi) is 5.26. The van der Waals surface area contributed by atoms with Crippen LogP contribution in [0.15, 0.2) is 54.9 Å². The molecule has 1 atom stereocenters. The van der Waals surface area contributed by atoms with Crippen LogP contribution < -0.4 is 5.32 Å². The van der Waals surface area contributed by atoms with Crippen LogP contribution in [-0.2, 0) is 17.8 Å². The number of benzene rings is 1. The zero-order valence-corrected chi connectivity index (χ0v) is 11.2. The third-order valence-electron chi connectivity index (χ3n) is 3.04. The summed E-state index contributed by atoms with van der Waals surface area (Å²) in [7, 11) is 0. The molecule has 1 unspecified atom stereocenters. The van der Waals surface area contributed by atoms with Crippen molar-refractivity contribution in [2.75, 3.05) is 0 Å². The molecule has 1 aromatic carbocycles. The lowest BCUT2D eigenvalue weighted by Crippen LogP contribution is -2.34. The van der Waals surface area contributed by atoms with Gasteiger partial charge in [-0.25, -0.2) is 0 Å². The molecule has 0 aliphatic heterocycles. The maximum atomic E-state index is 11.8. The highest BCUT2D eigenvalue weighted by molar-refractivity contribution is 5.80. The van der Waals surface area contributed by atoms with E-state index >= 15 is 0 Å². The normalized spacial score (nSPS) is 11.8. The predicted octanol–water partition coefficient (Wildman–Crippen LogP) is 1.69. The minimum absolute atomic E-state index is 0.343. The van der Waals surface area contributed by atoms with Gasteiger partial charge in [-0.3, -0.25) is 9.78 Å². The number of aliphatic hydroxyl groups is 1. The number of rotatable bonds is 6. The van der Waals surface area contributed by atoms with E-state index in [0.29, 0.717) is 19.4 Å². The monoisotopic (exact) mass is 270 g/mol. The van der Waals surface area contributed by atoms with Crippen LogP contribution in [0.4, 0.5) is 0 Å². The Labute approximate surface area is 118 Å². The van der Waals surface area contributed by atoms with Crippen LogP contribution in [0.1, 0.15) is 17.5 Å². The van der Waals surface area contributed by atoms with Gasteiger partial charge in [0.1, 0.15) is 6.10 Å². The van der Waals surface area contributed by atoms with Gasteiger partial charge < -0.3 is 10.4 Å². The lowest BCUT2D eigenvalue weighted by molar-refractivity contribution is -0.129. The van der Waals surface area contributed by atoms with Gasteiger partial charge in [0.05, 0.1) is 0 Å². The van der Waals surface area contributed by atoms with Crippen molar-refractivity contribution < 1.29 is 9.90 Å². The fourth-order valence-electron chi connectivity index (χ4n) is 1.89. The number of aromatic nitrogens is 1. The zero-order valence-electron chi connectivity index (χ0n) is 11.2. The Morgan fingerprint density at radius 2 is 1.90 bits per heavy atom. The summed E-state index contributed by atoms with van der Waals surface area (Å²) in [5.74, 6) is -0.343. The molecule has 2 N–H and O–H groups in total. The molecule has 0 saturated carbocycles. The second-order valence-corrected chi connectivity index (χ2v) is 4.62. The molecule has 0 radical (unpaired) electrons. The summed E-state index contributed by atoms with van der Waals surface area (Å²) in [6, 6.07) is 13.5. The average molecular weight is 270 g/mol. The van der Waals surface area contributed by atoms with Crippen LogP contribution in [0.3, 0.4) is 0 Å². The number of nitrogens with zero attached hydrogens (tertiary/aromatic N) is 1. The van der Waals surface area contributed by atoms with Crippen molar-refractivity contribution in [2.45, 2.75) is 25.5 Å². The summed E-state index contributed by atoms with van der Waals surface area (Å²) in [5, 5.41) is 12.5. The van der Waals surface area contributed by atoms with E-state index < -0.39 is 6.10 Å². The largest absolute Gasteiger partial charge is 0.383 e. The Balaban J connectivity index is 1.75. The van der Waals surface area contributed by atoms with E-state index in [1.54, 1.807) is 12.4 Å². The summed E-state index contributed by atoms with van der Waals surface area (Å²) in [4.78, 5) is 15.7. The van der Waals surface area contributed by atoms with E-state index in [9.17, 15) is 9.90 Å². The number of hydrogen-bond donors (Lipinski definition) is 2. The molecule has 2 aromatic rings. The topological polar surface area (TPSA) is 62.2 Å². The summed E-state index contributed by atoms with van der Waals surface area (Å²) in [6.07, 6.45) is 3.49. The van der Waals surface area contributed by atoms with Crippen LogP contribution in [0.25, 0.3) is 0 Å².